The summed E-state index contributed by atoms with van der Waals surface area (Å²) in [5.74, 6) is -0.747. The summed E-state index contributed by atoms with van der Waals surface area (Å²) >= 11 is 0. The van der Waals surface area contributed by atoms with Gasteiger partial charge < -0.3 is 5.32 Å². The second-order valence-electron chi connectivity index (χ2n) is 7.05. The van der Waals surface area contributed by atoms with Crippen LogP contribution in [0.3, 0.4) is 0 Å². The van der Waals surface area contributed by atoms with Crippen LogP contribution in [0.2, 0.25) is 0 Å². The Morgan fingerprint density at radius 1 is 1.10 bits per heavy atom. The number of sulfonamides is 1. The van der Waals surface area contributed by atoms with E-state index in [1.807, 2.05) is 0 Å². The molecule has 1 fully saturated rings. The first-order valence-corrected chi connectivity index (χ1v) is 11.1. The van der Waals surface area contributed by atoms with Gasteiger partial charge in [-0.05, 0) is 44.0 Å². The molecule has 0 spiro atoms. The van der Waals surface area contributed by atoms with Gasteiger partial charge in [-0.25, -0.2) is 8.42 Å². The van der Waals surface area contributed by atoms with Crippen LogP contribution >= 0.6 is 0 Å². The van der Waals surface area contributed by atoms with E-state index in [4.69, 9.17) is 0 Å². The number of aromatic nitrogens is 2. The Kier molecular flexibility index (Phi) is 6.51. The van der Waals surface area contributed by atoms with Crippen LogP contribution in [0.25, 0.3) is 0 Å². The van der Waals surface area contributed by atoms with Crippen molar-refractivity contribution >= 4 is 21.6 Å². The number of hydrogen-bond acceptors (Lipinski definition) is 4. The topological polar surface area (TPSA) is 84.3 Å². The first-order chi connectivity index (χ1) is 14.1. The Labute approximate surface area is 172 Å². The third-order valence-corrected chi connectivity index (χ3v) is 6.75. The summed E-state index contributed by atoms with van der Waals surface area (Å²) in [5.41, 5.74) is -0.861. The molecule has 7 nitrogen and oxygen atoms in total. The fraction of sp³-hybridized carbons (Fsp3) is 0.474. The summed E-state index contributed by atoms with van der Waals surface area (Å²) in [6.45, 7) is 2.84. The van der Waals surface area contributed by atoms with Gasteiger partial charge in [-0.3, -0.25) is 9.48 Å². The van der Waals surface area contributed by atoms with E-state index in [1.165, 1.54) is 15.2 Å². The van der Waals surface area contributed by atoms with Gasteiger partial charge in [0.1, 0.15) is 0 Å². The van der Waals surface area contributed by atoms with Crippen LogP contribution in [0.5, 0.6) is 0 Å². The Morgan fingerprint density at radius 2 is 1.70 bits per heavy atom. The number of benzene rings is 1. The average molecular weight is 444 g/mol. The van der Waals surface area contributed by atoms with Crippen molar-refractivity contribution in [3.8, 4) is 0 Å². The van der Waals surface area contributed by atoms with Gasteiger partial charge in [0.25, 0.3) is 15.9 Å². The third-order valence-electron chi connectivity index (χ3n) is 4.92. The molecule has 1 aliphatic heterocycles. The number of halogens is 3. The highest BCUT2D eigenvalue weighted by Crippen LogP contribution is 2.30. The molecule has 1 aromatic heterocycles. The van der Waals surface area contributed by atoms with E-state index >= 15 is 0 Å². The van der Waals surface area contributed by atoms with Gasteiger partial charge in [0.05, 0.1) is 11.1 Å². The number of hydrogen-bond donors (Lipinski definition) is 1. The van der Waals surface area contributed by atoms with Crippen molar-refractivity contribution in [3.63, 3.8) is 0 Å². The molecule has 2 aromatic rings. The van der Waals surface area contributed by atoms with E-state index in [-0.39, 0.29) is 16.3 Å². The van der Waals surface area contributed by atoms with E-state index in [0.29, 0.717) is 19.6 Å². The Balaban J connectivity index is 1.88. The van der Waals surface area contributed by atoms with Crippen molar-refractivity contribution in [1.82, 2.24) is 14.1 Å². The number of rotatable bonds is 5. The van der Waals surface area contributed by atoms with Crippen molar-refractivity contribution in [1.29, 1.82) is 0 Å². The van der Waals surface area contributed by atoms with E-state index in [9.17, 15) is 26.4 Å². The van der Waals surface area contributed by atoms with Crippen molar-refractivity contribution in [2.45, 2.75) is 50.4 Å². The van der Waals surface area contributed by atoms with Crippen molar-refractivity contribution in [3.05, 3.63) is 41.6 Å². The summed E-state index contributed by atoms with van der Waals surface area (Å²) in [6, 6.07) is 3.93. The zero-order chi connectivity index (χ0) is 21.9. The Bertz CT molecular complexity index is 993. The number of nitrogens with one attached hydrogen (secondary N) is 1. The number of amides is 1. The highest BCUT2D eigenvalue weighted by Gasteiger charge is 2.33. The Morgan fingerprint density at radius 3 is 2.23 bits per heavy atom. The number of carbonyl (C=O) groups is 1. The molecule has 0 atom stereocenters. The highest BCUT2D eigenvalue weighted by molar-refractivity contribution is 7.89. The van der Waals surface area contributed by atoms with Crippen LogP contribution in [-0.2, 0) is 22.7 Å². The van der Waals surface area contributed by atoms with Gasteiger partial charge in [-0.1, -0.05) is 12.8 Å². The quantitative estimate of drug-likeness (QED) is 0.762. The highest BCUT2D eigenvalue weighted by atomic mass is 32.2. The standard InChI is InChI=1S/C19H23F3N4O3S/c1-2-25-13-16(17(27)23-15-9-7-14(8-10-15)19(20,21)22)18(24-25)30(28,29)26-11-5-3-4-6-12-26/h7-10,13H,2-6,11-12H2,1H3,(H,23,27). The third kappa shape index (κ3) is 4.84. The smallest absolute Gasteiger partial charge is 0.322 e. The van der Waals surface area contributed by atoms with E-state index in [1.54, 1.807) is 6.92 Å². The normalized spacial score (nSPS) is 16.3. The largest absolute Gasteiger partial charge is 0.416 e. The average Bonchev–Trinajstić information content (AvgIpc) is 2.95. The molecule has 1 aliphatic rings. The van der Waals surface area contributed by atoms with Crippen molar-refractivity contribution < 1.29 is 26.4 Å². The summed E-state index contributed by atoms with van der Waals surface area (Å²) in [7, 11) is -3.98. The van der Waals surface area contributed by atoms with Gasteiger partial charge in [-0.15, -0.1) is 0 Å². The number of anilines is 1. The maximum atomic E-state index is 13.1. The minimum Gasteiger partial charge on any atom is -0.322 e. The lowest BCUT2D eigenvalue weighted by Gasteiger charge is -2.19. The number of alkyl halides is 3. The molecule has 1 aromatic carbocycles. The minimum atomic E-state index is -4.49. The van der Waals surface area contributed by atoms with Gasteiger partial charge in [0.15, 0.2) is 0 Å². The predicted molar refractivity (Wildman–Crippen MR) is 105 cm³/mol. The molecule has 1 amide bonds. The summed E-state index contributed by atoms with van der Waals surface area (Å²) < 4.78 is 67.1. The molecular formula is C19H23F3N4O3S. The monoisotopic (exact) mass is 444 g/mol. The molecule has 0 radical (unpaired) electrons. The van der Waals surface area contributed by atoms with E-state index in [0.717, 1.165) is 49.9 Å². The van der Waals surface area contributed by atoms with E-state index < -0.39 is 27.7 Å². The van der Waals surface area contributed by atoms with Crippen LogP contribution in [0.4, 0.5) is 18.9 Å². The minimum absolute atomic E-state index is 0.121. The van der Waals surface area contributed by atoms with Gasteiger partial charge in [0, 0.05) is 31.5 Å². The van der Waals surface area contributed by atoms with Crippen molar-refractivity contribution in [2.24, 2.45) is 0 Å². The Hall–Kier alpha value is -2.40. The fourth-order valence-electron chi connectivity index (χ4n) is 3.26. The van der Waals surface area contributed by atoms with Crippen LogP contribution < -0.4 is 5.32 Å². The first kappa shape index (κ1) is 22.3. The molecule has 164 valence electrons. The van der Waals surface area contributed by atoms with Gasteiger partial charge >= 0.3 is 6.18 Å². The second-order valence-corrected chi connectivity index (χ2v) is 8.90. The lowest BCUT2D eigenvalue weighted by Crippen LogP contribution is -2.33. The zero-order valence-electron chi connectivity index (χ0n) is 16.4. The molecule has 3 rings (SSSR count). The van der Waals surface area contributed by atoms with Crippen molar-refractivity contribution in [2.75, 3.05) is 18.4 Å². The molecule has 0 saturated carbocycles. The lowest BCUT2D eigenvalue weighted by molar-refractivity contribution is -0.137. The first-order valence-electron chi connectivity index (χ1n) is 9.69. The molecule has 0 aliphatic carbocycles. The summed E-state index contributed by atoms with van der Waals surface area (Å²) in [6.07, 6.45) is 0.207. The number of aryl methyl sites for hydroxylation is 1. The summed E-state index contributed by atoms with van der Waals surface area (Å²) in [4.78, 5) is 12.8. The predicted octanol–water partition coefficient (Wildman–Crippen LogP) is 3.74. The molecule has 1 saturated heterocycles. The molecule has 1 N–H and O–H groups in total. The maximum Gasteiger partial charge on any atom is 0.416 e. The lowest BCUT2D eigenvalue weighted by atomic mass is 10.2. The molecule has 11 heteroatoms. The molecule has 2 heterocycles. The molecule has 0 bridgehead atoms. The zero-order valence-corrected chi connectivity index (χ0v) is 17.3. The fourth-order valence-corrected chi connectivity index (χ4v) is 4.87. The summed E-state index contributed by atoms with van der Waals surface area (Å²) in [5, 5.41) is 6.21. The van der Waals surface area contributed by atoms with Crippen LogP contribution in [0.1, 0.15) is 48.5 Å². The second kappa shape index (κ2) is 8.76. The number of nitrogens with zero attached hydrogens (tertiary/aromatic N) is 3. The van der Waals surface area contributed by atoms with Gasteiger partial charge in [0.2, 0.25) is 5.03 Å². The van der Waals surface area contributed by atoms with Crippen LogP contribution in [0, 0.1) is 0 Å². The van der Waals surface area contributed by atoms with Crippen LogP contribution in [-0.4, -0.2) is 41.5 Å². The SMILES string of the molecule is CCn1cc(C(=O)Nc2ccc(C(F)(F)F)cc2)c(S(=O)(=O)N2CCCCCC2)n1. The van der Waals surface area contributed by atoms with Gasteiger partial charge in [-0.2, -0.15) is 22.6 Å². The van der Waals surface area contributed by atoms with E-state index in [2.05, 4.69) is 10.4 Å². The maximum absolute atomic E-state index is 13.1. The molecule has 30 heavy (non-hydrogen) atoms. The number of carbonyl (C=O) groups excluding carboxylic acids is 1. The van der Waals surface area contributed by atoms with Crippen LogP contribution in [0.15, 0.2) is 35.5 Å². The molecular weight excluding hydrogens is 421 g/mol. The molecule has 0 unspecified atom stereocenters.